The van der Waals surface area contributed by atoms with E-state index in [2.05, 4.69) is 19.2 Å². The van der Waals surface area contributed by atoms with Gasteiger partial charge in [-0.25, -0.2) is 0 Å². The zero-order valence-corrected chi connectivity index (χ0v) is 7.63. The molecule has 1 heteroatoms. The van der Waals surface area contributed by atoms with E-state index >= 15 is 0 Å². The van der Waals surface area contributed by atoms with Crippen molar-refractivity contribution in [2.75, 3.05) is 0 Å². The average Bonchev–Trinajstić information content (AvgIpc) is 1.91. The van der Waals surface area contributed by atoms with Gasteiger partial charge in [-0.3, -0.25) is 0 Å². The lowest BCUT2D eigenvalue weighted by molar-refractivity contribution is 1.47. The third-order valence-corrected chi connectivity index (χ3v) is 1.24. The summed E-state index contributed by atoms with van der Waals surface area (Å²) < 4.78 is 0. The minimum Gasteiger partial charge on any atom is -0.144 e. The molecule has 0 saturated heterocycles. The highest BCUT2D eigenvalue weighted by Crippen LogP contribution is 2.08. The van der Waals surface area contributed by atoms with Gasteiger partial charge in [0.05, 0.1) is 0 Å². The monoisotopic (exact) mass is 144 g/mol. The molecule has 0 heterocycles. The van der Waals surface area contributed by atoms with E-state index in [4.69, 9.17) is 0 Å². The first-order valence-electron chi connectivity index (χ1n) is 3.19. The molecular weight excluding hydrogens is 128 g/mol. The van der Waals surface area contributed by atoms with Crippen LogP contribution in [0.4, 0.5) is 0 Å². The number of rotatable bonds is 1. The molecule has 0 nitrogen and oxygen atoms in total. The van der Waals surface area contributed by atoms with Crippen molar-refractivity contribution < 1.29 is 0 Å². The molecule has 0 saturated carbocycles. The van der Waals surface area contributed by atoms with Crippen LogP contribution in [0.5, 0.6) is 0 Å². The summed E-state index contributed by atoms with van der Waals surface area (Å²) in [6.45, 7) is 11.6. The number of hydrogen-bond acceptors (Lipinski definition) is 1. The molecule has 54 valence electrons. The van der Waals surface area contributed by atoms with Crippen molar-refractivity contribution in [2.45, 2.75) is 27.7 Å². The third kappa shape index (κ3) is 7.83. The van der Waals surface area contributed by atoms with Crippen molar-refractivity contribution in [1.82, 2.24) is 0 Å². The Hall–Kier alpha value is -0.170. The first-order valence-corrected chi connectivity index (χ1v) is 3.64. The molecule has 0 bridgehead atoms. The number of thiol groups is 1. The molecule has 0 aliphatic carbocycles. The highest BCUT2D eigenvalue weighted by atomic mass is 32.1. The Morgan fingerprint density at radius 3 is 1.78 bits per heavy atom. The van der Waals surface area contributed by atoms with Crippen LogP contribution in [0.2, 0.25) is 0 Å². The van der Waals surface area contributed by atoms with E-state index < -0.39 is 0 Å². The zero-order chi connectivity index (χ0) is 7.86. The van der Waals surface area contributed by atoms with E-state index in [1.807, 2.05) is 33.8 Å². The maximum atomic E-state index is 4.01. The molecule has 0 aliphatic rings. The predicted octanol–water partition coefficient (Wildman–Crippen LogP) is 3.42. The van der Waals surface area contributed by atoms with Gasteiger partial charge in [0, 0.05) is 0 Å². The van der Waals surface area contributed by atoms with Crippen LogP contribution in [0.25, 0.3) is 0 Å². The molecule has 0 aromatic rings. The van der Waals surface area contributed by atoms with Crippen LogP contribution >= 0.6 is 12.6 Å². The smallest absolute Gasteiger partial charge is 0.000603 e. The van der Waals surface area contributed by atoms with Gasteiger partial charge >= 0.3 is 0 Å². The summed E-state index contributed by atoms with van der Waals surface area (Å²) in [6, 6.07) is 0. The van der Waals surface area contributed by atoms with Gasteiger partial charge in [-0.1, -0.05) is 26.5 Å². The number of allylic oxidation sites excluding steroid dienone is 2. The summed E-state index contributed by atoms with van der Waals surface area (Å²) in [5.41, 5.74) is 1.14. The molecule has 0 spiro atoms. The van der Waals surface area contributed by atoms with Crippen molar-refractivity contribution in [2.24, 2.45) is 0 Å². The summed E-state index contributed by atoms with van der Waals surface area (Å²) in [6.07, 6.45) is 1.98. The van der Waals surface area contributed by atoms with Gasteiger partial charge in [0.1, 0.15) is 0 Å². The maximum absolute atomic E-state index is 4.01. The van der Waals surface area contributed by atoms with Crippen LogP contribution < -0.4 is 0 Å². The summed E-state index contributed by atoms with van der Waals surface area (Å²) in [5.74, 6) is 0. The van der Waals surface area contributed by atoms with Gasteiger partial charge in [0.15, 0.2) is 0 Å². The fraction of sp³-hybridized carbons (Fsp3) is 0.500. The largest absolute Gasteiger partial charge is 0.144 e. The van der Waals surface area contributed by atoms with Crippen LogP contribution in [0.1, 0.15) is 27.7 Å². The normalized spacial score (nSPS) is 9.67. The van der Waals surface area contributed by atoms with Gasteiger partial charge in [-0.2, -0.15) is 0 Å². The number of hydrogen-bond donors (Lipinski definition) is 1. The SMILES string of the molecule is C=C(S)/C(C)=C\C.CC. The molecule has 0 amide bonds. The lowest BCUT2D eigenvalue weighted by Gasteiger charge is -1.91. The Bertz CT molecular complexity index is 101. The van der Waals surface area contributed by atoms with Crippen LogP contribution in [-0.2, 0) is 0 Å². The molecule has 0 aromatic carbocycles. The Morgan fingerprint density at radius 1 is 1.44 bits per heavy atom. The molecule has 0 radical (unpaired) electrons. The van der Waals surface area contributed by atoms with E-state index in [0.717, 1.165) is 10.5 Å². The Labute approximate surface area is 64.1 Å². The average molecular weight is 144 g/mol. The van der Waals surface area contributed by atoms with Gasteiger partial charge in [-0.05, 0) is 24.3 Å². The van der Waals surface area contributed by atoms with Gasteiger partial charge in [-0.15, -0.1) is 12.6 Å². The highest BCUT2D eigenvalue weighted by molar-refractivity contribution is 7.84. The van der Waals surface area contributed by atoms with Crippen molar-refractivity contribution in [3.05, 3.63) is 23.1 Å². The summed E-state index contributed by atoms with van der Waals surface area (Å²) in [5, 5.41) is 0. The molecule has 9 heavy (non-hydrogen) atoms. The molecule has 0 fully saturated rings. The van der Waals surface area contributed by atoms with E-state index in [1.165, 1.54) is 0 Å². The second-order valence-electron chi connectivity index (χ2n) is 1.42. The molecule has 0 aromatic heterocycles. The highest BCUT2D eigenvalue weighted by Gasteiger charge is 1.82. The van der Waals surface area contributed by atoms with E-state index in [1.54, 1.807) is 0 Å². The third-order valence-electron chi connectivity index (χ3n) is 0.888. The minimum absolute atomic E-state index is 0.850. The zero-order valence-electron chi connectivity index (χ0n) is 6.73. The van der Waals surface area contributed by atoms with Crippen LogP contribution in [-0.4, -0.2) is 0 Å². The molecule has 0 rings (SSSR count). The maximum Gasteiger partial charge on any atom is -0.000603 e. The Balaban J connectivity index is 0. The Morgan fingerprint density at radius 2 is 1.78 bits per heavy atom. The standard InChI is InChI=1S/C6H10S.C2H6/c1-4-5(2)6(3)7;1-2/h4,7H,3H2,1-2H3;1-2H3/b5-4-;. The van der Waals surface area contributed by atoms with E-state index in [9.17, 15) is 0 Å². The van der Waals surface area contributed by atoms with Gasteiger partial charge in [0.25, 0.3) is 0 Å². The lowest BCUT2D eigenvalue weighted by Crippen LogP contribution is -1.67. The van der Waals surface area contributed by atoms with Crippen LogP contribution in [0.15, 0.2) is 23.1 Å². The lowest BCUT2D eigenvalue weighted by atomic mass is 10.3. The van der Waals surface area contributed by atoms with Crippen molar-refractivity contribution in [3.8, 4) is 0 Å². The first-order chi connectivity index (χ1) is 4.18. The minimum atomic E-state index is 0.850. The van der Waals surface area contributed by atoms with Crippen LogP contribution in [0, 0.1) is 0 Å². The van der Waals surface area contributed by atoms with Crippen LogP contribution in [0.3, 0.4) is 0 Å². The second-order valence-corrected chi connectivity index (χ2v) is 1.96. The summed E-state index contributed by atoms with van der Waals surface area (Å²) >= 11 is 4.01. The molecular formula is C8H16S. The van der Waals surface area contributed by atoms with E-state index in [-0.39, 0.29) is 0 Å². The molecule has 0 N–H and O–H groups in total. The second kappa shape index (κ2) is 7.83. The first kappa shape index (κ1) is 11.6. The molecule has 0 unspecified atom stereocenters. The van der Waals surface area contributed by atoms with Gasteiger partial charge < -0.3 is 0 Å². The van der Waals surface area contributed by atoms with E-state index in [0.29, 0.717) is 0 Å². The fourth-order valence-electron chi connectivity index (χ4n) is 0.167. The Kier molecular flexibility index (Phi) is 10.1. The van der Waals surface area contributed by atoms with Crippen molar-refractivity contribution in [3.63, 3.8) is 0 Å². The summed E-state index contributed by atoms with van der Waals surface area (Å²) in [4.78, 5) is 0.850. The summed E-state index contributed by atoms with van der Waals surface area (Å²) in [7, 11) is 0. The van der Waals surface area contributed by atoms with Gasteiger partial charge in [0.2, 0.25) is 0 Å². The quantitative estimate of drug-likeness (QED) is 0.423. The predicted molar refractivity (Wildman–Crippen MR) is 48.9 cm³/mol. The fourth-order valence-corrected chi connectivity index (χ4v) is 0.296. The topological polar surface area (TPSA) is 0 Å². The molecule has 0 atom stereocenters. The molecule has 0 aliphatic heterocycles. The van der Waals surface area contributed by atoms with Crippen molar-refractivity contribution in [1.29, 1.82) is 0 Å². The van der Waals surface area contributed by atoms with Crippen molar-refractivity contribution >= 4 is 12.6 Å².